The average Bonchev–Trinajstić information content (AvgIpc) is 2.34. The number of likely N-dealkylation sites (tertiary alicyclic amines) is 1. The van der Waals surface area contributed by atoms with Gasteiger partial charge in [0.25, 0.3) is 0 Å². The van der Waals surface area contributed by atoms with Crippen molar-refractivity contribution in [1.29, 1.82) is 5.41 Å². The molecule has 0 spiro atoms. The average molecular weight is 141 g/mol. The number of hydrogen-bond donors (Lipinski definition) is 2. The molecule has 0 aromatic rings. The predicted molar refractivity (Wildman–Crippen MR) is 41.9 cm³/mol. The first-order chi connectivity index (χ1) is 4.74. The maximum atomic E-state index is 7.16. The molecule has 0 saturated carbocycles. The van der Waals surface area contributed by atoms with Crippen molar-refractivity contribution in [3.63, 3.8) is 0 Å². The summed E-state index contributed by atoms with van der Waals surface area (Å²) in [6.07, 6.45) is 2.42. The highest BCUT2D eigenvalue weighted by Gasteiger charge is 2.20. The molecule has 1 heterocycles. The fourth-order valence-electron chi connectivity index (χ4n) is 1.38. The zero-order valence-electron chi connectivity index (χ0n) is 6.43. The van der Waals surface area contributed by atoms with Gasteiger partial charge in [0.15, 0.2) is 5.96 Å². The maximum absolute atomic E-state index is 7.16. The molecule has 1 atom stereocenters. The molecule has 58 valence electrons. The van der Waals surface area contributed by atoms with Crippen molar-refractivity contribution in [2.75, 3.05) is 13.1 Å². The highest BCUT2D eigenvalue weighted by atomic mass is 15.2. The molecule has 1 unspecified atom stereocenters. The van der Waals surface area contributed by atoms with Crippen LogP contribution in [0.25, 0.3) is 0 Å². The lowest BCUT2D eigenvalue weighted by Gasteiger charge is -2.14. The van der Waals surface area contributed by atoms with E-state index in [2.05, 4.69) is 6.92 Å². The minimum atomic E-state index is 0.232. The summed E-state index contributed by atoms with van der Waals surface area (Å²) in [5, 5.41) is 7.16. The van der Waals surface area contributed by atoms with Gasteiger partial charge >= 0.3 is 0 Å². The Balaban J connectivity index is 2.35. The summed E-state index contributed by atoms with van der Waals surface area (Å²) in [6, 6.07) is 0. The van der Waals surface area contributed by atoms with Crippen molar-refractivity contribution in [2.24, 2.45) is 11.7 Å². The molecule has 0 bridgehead atoms. The lowest BCUT2D eigenvalue weighted by atomic mass is 10.1. The van der Waals surface area contributed by atoms with E-state index in [9.17, 15) is 0 Å². The SMILES string of the molecule is CCC1CCN(C(=N)N)C1. The topological polar surface area (TPSA) is 53.1 Å². The second-order valence-electron chi connectivity index (χ2n) is 2.89. The van der Waals surface area contributed by atoms with Crippen LogP contribution < -0.4 is 5.73 Å². The summed E-state index contributed by atoms with van der Waals surface area (Å²) in [7, 11) is 0. The summed E-state index contributed by atoms with van der Waals surface area (Å²) in [5.74, 6) is 1.000. The molecule has 0 radical (unpaired) electrons. The van der Waals surface area contributed by atoms with Gasteiger partial charge in [-0.25, -0.2) is 0 Å². The van der Waals surface area contributed by atoms with Crippen molar-refractivity contribution in [3.05, 3.63) is 0 Å². The number of nitrogens with two attached hydrogens (primary N) is 1. The van der Waals surface area contributed by atoms with Gasteiger partial charge in [0.2, 0.25) is 0 Å². The molecule has 0 aliphatic carbocycles. The van der Waals surface area contributed by atoms with Gasteiger partial charge in [0.1, 0.15) is 0 Å². The largest absolute Gasteiger partial charge is 0.370 e. The standard InChI is InChI=1S/C7H15N3/c1-2-6-3-4-10(5-6)7(8)9/h6H,2-5H2,1H3,(H3,8,9). The van der Waals surface area contributed by atoms with Crippen molar-refractivity contribution in [3.8, 4) is 0 Å². The molecule has 1 aliphatic rings. The van der Waals surface area contributed by atoms with E-state index in [0.29, 0.717) is 0 Å². The summed E-state index contributed by atoms with van der Waals surface area (Å²) in [5.41, 5.74) is 5.32. The number of nitrogens with zero attached hydrogens (tertiary/aromatic N) is 1. The number of rotatable bonds is 1. The first-order valence-electron chi connectivity index (χ1n) is 3.83. The first-order valence-corrected chi connectivity index (χ1v) is 3.83. The molecule has 1 rings (SSSR count). The van der Waals surface area contributed by atoms with E-state index in [-0.39, 0.29) is 5.96 Å². The Morgan fingerprint density at radius 3 is 2.80 bits per heavy atom. The zero-order chi connectivity index (χ0) is 7.56. The molecule has 0 aromatic carbocycles. The second kappa shape index (κ2) is 2.90. The molecule has 0 amide bonds. The molecule has 1 aliphatic heterocycles. The maximum Gasteiger partial charge on any atom is 0.188 e. The highest BCUT2D eigenvalue weighted by molar-refractivity contribution is 5.74. The van der Waals surface area contributed by atoms with Gasteiger partial charge in [-0.05, 0) is 12.3 Å². The van der Waals surface area contributed by atoms with Crippen LogP contribution in [-0.4, -0.2) is 23.9 Å². The number of hydrogen-bond acceptors (Lipinski definition) is 1. The molecule has 1 saturated heterocycles. The third-order valence-electron chi connectivity index (χ3n) is 2.20. The van der Waals surface area contributed by atoms with E-state index in [1.807, 2.05) is 4.90 Å². The molecule has 1 fully saturated rings. The number of nitrogens with one attached hydrogen (secondary N) is 1. The van der Waals surface area contributed by atoms with Crippen LogP contribution in [0.3, 0.4) is 0 Å². The Morgan fingerprint density at radius 1 is 1.80 bits per heavy atom. The Labute approximate surface area is 61.7 Å². The van der Waals surface area contributed by atoms with Crippen LogP contribution in [0, 0.1) is 11.3 Å². The van der Waals surface area contributed by atoms with Crippen LogP contribution in [0.5, 0.6) is 0 Å². The van der Waals surface area contributed by atoms with Crippen LogP contribution in [-0.2, 0) is 0 Å². The summed E-state index contributed by atoms with van der Waals surface area (Å²) < 4.78 is 0. The smallest absolute Gasteiger partial charge is 0.188 e. The van der Waals surface area contributed by atoms with Crippen LogP contribution in [0.4, 0.5) is 0 Å². The van der Waals surface area contributed by atoms with Gasteiger partial charge in [-0.15, -0.1) is 0 Å². The van der Waals surface area contributed by atoms with E-state index in [1.165, 1.54) is 12.8 Å². The zero-order valence-corrected chi connectivity index (χ0v) is 6.43. The summed E-state index contributed by atoms with van der Waals surface area (Å²) in [4.78, 5) is 1.94. The first kappa shape index (κ1) is 7.38. The van der Waals surface area contributed by atoms with Gasteiger partial charge in [0.05, 0.1) is 0 Å². The quantitative estimate of drug-likeness (QED) is 0.415. The third kappa shape index (κ3) is 1.40. The number of guanidine groups is 1. The molecular formula is C7H15N3. The Bertz CT molecular complexity index is 133. The lowest BCUT2D eigenvalue weighted by Crippen LogP contribution is -2.34. The van der Waals surface area contributed by atoms with E-state index >= 15 is 0 Å². The van der Waals surface area contributed by atoms with Crippen molar-refractivity contribution in [2.45, 2.75) is 19.8 Å². The predicted octanol–water partition coefficient (Wildman–Crippen LogP) is 0.612. The van der Waals surface area contributed by atoms with Gasteiger partial charge in [-0.2, -0.15) is 0 Å². The third-order valence-corrected chi connectivity index (χ3v) is 2.20. The Hall–Kier alpha value is -0.730. The van der Waals surface area contributed by atoms with Gasteiger partial charge in [0, 0.05) is 13.1 Å². The van der Waals surface area contributed by atoms with E-state index in [4.69, 9.17) is 11.1 Å². The van der Waals surface area contributed by atoms with Crippen molar-refractivity contribution >= 4 is 5.96 Å². The Kier molecular flexibility index (Phi) is 2.14. The van der Waals surface area contributed by atoms with E-state index < -0.39 is 0 Å². The summed E-state index contributed by atoms with van der Waals surface area (Å²) in [6.45, 7) is 4.16. The minimum Gasteiger partial charge on any atom is -0.370 e. The fourth-order valence-corrected chi connectivity index (χ4v) is 1.38. The molecule has 3 N–H and O–H groups in total. The van der Waals surface area contributed by atoms with Gasteiger partial charge in [-0.1, -0.05) is 13.3 Å². The van der Waals surface area contributed by atoms with Crippen molar-refractivity contribution < 1.29 is 0 Å². The van der Waals surface area contributed by atoms with Crippen LogP contribution in [0.15, 0.2) is 0 Å². The van der Waals surface area contributed by atoms with E-state index in [1.54, 1.807) is 0 Å². The molecule has 3 nitrogen and oxygen atoms in total. The minimum absolute atomic E-state index is 0.232. The van der Waals surface area contributed by atoms with Crippen LogP contribution in [0.1, 0.15) is 19.8 Å². The second-order valence-corrected chi connectivity index (χ2v) is 2.89. The normalized spacial score (nSPS) is 25.3. The highest BCUT2D eigenvalue weighted by Crippen LogP contribution is 2.17. The summed E-state index contributed by atoms with van der Waals surface area (Å²) >= 11 is 0. The van der Waals surface area contributed by atoms with Crippen LogP contribution >= 0.6 is 0 Å². The fraction of sp³-hybridized carbons (Fsp3) is 0.857. The molecule has 0 aromatic heterocycles. The van der Waals surface area contributed by atoms with Crippen LogP contribution in [0.2, 0.25) is 0 Å². The van der Waals surface area contributed by atoms with Gasteiger partial charge in [-0.3, -0.25) is 5.41 Å². The lowest BCUT2D eigenvalue weighted by molar-refractivity contribution is 0.466. The Morgan fingerprint density at radius 2 is 2.50 bits per heavy atom. The molecule has 10 heavy (non-hydrogen) atoms. The monoisotopic (exact) mass is 141 g/mol. The van der Waals surface area contributed by atoms with Crippen molar-refractivity contribution in [1.82, 2.24) is 4.90 Å². The van der Waals surface area contributed by atoms with E-state index in [0.717, 1.165) is 19.0 Å². The molecule has 3 heteroatoms. The van der Waals surface area contributed by atoms with Gasteiger partial charge < -0.3 is 10.6 Å². The molecular weight excluding hydrogens is 126 g/mol.